The Kier molecular flexibility index (Phi) is 41.2. The van der Waals surface area contributed by atoms with E-state index in [-0.39, 0.29) is 88.0 Å². The minimum absolute atomic E-state index is 0.00814. The second kappa shape index (κ2) is 54.1. The summed E-state index contributed by atoms with van der Waals surface area (Å²) in [5.74, 6) is 5.62. The van der Waals surface area contributed by atoms with Gasteiger partial charge >= 0.3 is 6.18 Å². The van der Waals surface area contributed by atoms with Crippen LogP contribution >= 0.6 is 92.4 Å². The van der Waals surface area contributed by atoms with Crippen LogP contribution < -0.4 is 47.3 Å². The predicted molar refractivity (Wildman–Crippen MR) is 578 cm³/mol. The van der Waals surface area contributed by atoms with Gasteiger partial charge in [0.2, 0.25) is 35.4 Å². The Balaban J connectivity index is 0.000000162. The van der Waals surface area contributed by atoms with Crippen LogP contribution in [0.1, 0.15) is 203 Å². The van der Waals surface area contributed by atoms with Gasteiger partial charge in [-0.1, -0.05) is 132 Å². The van der Waals surface area contributed by atoms with Crippen LogP contribution in [-0.4, -0.2) is 197 Å². The first kappa shape index (κ1) is 111. The molecule has 30 nitrogen and oxygen atoms in total. The minimum Gasteiger partial charge on any atom is -0.490 e. The number of rotatable bonds is 35. The number of thioether (sulfide) groups is 4. The SMILES string of the molecule is C=CC(=O)Nc1ccc(C(=O)N2CCC[C@@H](Nc3ncc(SCC4CCCCC4)s3)C2)cc1.C=CC(=O)Nc1ccc(C(=O)N2CCC[C@@H](Nc3ncc(SCc4cncnc4)s3)C2)cc1.C=CC(=O)Nc1ccc(O[C@@H]2CCC[C@@H](Nc3ncc(SCc4ncc(C(C)(C)C)o4)s3)C2)c(C(F)(F)F)c1.CN(C)C/C=C/C(=O)Nc1ccc(C(=O)N2CCC[C@@H](Nc3ncc(SCc4ncc(C(C)(C)C)o4)s3)C2)cc1. The summed E-state index contributed by atoms with van der Waals surface area (Å²) in [4.78, 5) is 128. The van der Waals surface area contributed by atoms with Crippen LogP contribution in [0.5, 0.6) is 5.75 Å². The number of benzene rings is 4. The Morgan fingerprint density at radius 2 is 0.841 bits per heavy atom. The first-order valence-electron chi connectivity index (χ1n) is 48.2. The summed E-state index contributed by atoms with van der Waals surface area (Å²) < 4.78 is 63.3. The number of oxazole rings is 2. The second-order valence-corrected chi connectivity index (χ2v) is 47.0. The molecule has 16 rings (SSSR count). The zero-order valence-corrected chi connectivity index (χ0v) is 89.1. The summed E-state index contributed by atoms with van der Waals surface area (Å²) in [6.45, 7) is 27.5. The summed E-state index contributed by atoms with van der Waals surface area (Å²) in [5.41, 5.74) is 3.79. The van der Waals surface area contributed by atoms with Gasteiger partial charge in [-0.25, -0.2) is 39.9 Å². The van der Waals surface area contributed by atoms with Crippen molar-refractivity contribution in [1.82, 2.24) is 59.5 Å². The van der Waals surface area contributed by atoms with Gasteiger partial charge in [0.1, 0.15) is 29.7 Å². The van der Waals surface area contributed by atoms with Crippen molar-refractivity contribution in [1.29, 1.82) is 0 Å². The molecule has 770 valence electrons. The van der Waals surface area contributed by atoms with Crippen LogP contribution in [0.2, 0.25) is 0 Å². The average molecular weight is 2130 g/mol. The lowest BCUT2D eigenvalue weighted by Gasteiger charge is -2.33. The third-order valence-electron chi connectivity index (χ3n) is 23.8. The molecule has 0 radical (unpaired) electrons. The van der Waals surface area contributed by atoms with E-state index in [0.717, 1.165) is 145 Å². The van der Waals surface area contributed by atoms with Crippen molar-refractivity contribution in [2.45, 2.75) is 219 Å². The topological polar surface area (TPSA) is 367 Å². The van der Waals surface area contributed by atoms with Crippen LogP contribution in [-0.2, 0) is 53.4 Å². The van der Waals surface area contributed by atoms with Crippen LogP contribution in [0, 0.1) is 5.92 Å². The Hall–Kier alpha value is -11.7. The van der Waals surface area contributed by atoms with Gasteiger partial charge in [-0.3, -0.25) is 33.6 Å². The highest BCUT2D eigenvalue weighted by Gasteiger charge is 2.38. The maximum atomic E-state index is 13.7. The molecule has 2 saturated carbocycles. The quantitative estimate of drug-likeness (QED) is 0.0135. The number of ether oxygens (including phenoxy) is 1. The number of aromatic nitrogens is 8. The molecule has 7 aromatic heterocycles. The second-order valence-electron chi connectivity index (χ2n) is 37.7. The number of nitrogens with zero attached hydrogens (tertiary/aromatic N) is 12. The Bertz CT molecular complexity index is 6130. The monoisotopic (exact) mass is 2130 g/mol. The lowest BCUT2D eigenvalue weighted by molar-refractivity contribution is -0.139. The minimum atomic E-state index is -4.63. The number of likely N-dealkylation sites (tertiary alicyclic amines) is 3. The number of amides is 7. The lowest BCUT2D eigenvalue weighted by atomic mass is 9.91. The fraction of sp³-hybridized carbons (Fsp3) is 0.413. The molecule has 7 amide bonds. The number of anilines is 8. The van der Waals surface area contributed by atoms with Gasteiger partial charge in [0.15, 0.2) is 20.5 Å². The molecule has 3 saturated heterocycles. The molecule has 5 fully saturated rings. The van der Waals surface area contributed by atoms with E-state index in [9.17, 15) is 46.7 Å². The van der Waals surface area contributed by atoms with E-state index in [0.29, 0.717) is 96.1 Å². The lowest BCUT2D eigenvalue weighted by Crippen LogP contribution is -2.45. The number of thiazole rings is 4. The molecule has 10 heterocycles. The van der Waals surface area contributed by atoms with Crippen molar-refractivity contribution in [2.24, 2.45) is 5.92 Å². The average Bonchev–Trinajstić information content (AvgIpc) is 1.81. The van der Waals surface area contributed by atoms with Gasteiger partial charge in [-0.15, -0.1) is 47.0 Å². The maximum absolute atomic E-state index is 13.7. The Labute approximate surface area is 877 Å². The van der Waals surface area contributed by atoms with E-state index >= 15 is 0 Å². The highest BCUT2D eigenvalue weighted by molar-refractivity contribution is 8.01. The number of piperidine rings is 3. The zero-order valence-electron chi connectivity index (χ0n) is 82.6. The molecule has 4 aromatic carbocycles. The predicted octanol–water partition coefficient (Wildman–Crippen LogP) is 22.9. The van der Waals surface area contributed by atoms with Gasteiger partial charge in [-0.2, -0.15) is 13.2 Å². The van der Waals surface area contributed by atoms with Crippen molar-refractivity contribution < 1.29 is 60.3 Å². The van der Waals surface area contributed by atoms with Crippen molar-refractivity contribution in [3.63, 3.8) is 0 Å². The third kappa shape index (κ3) is 35.6. The number of carbonyl (C=O) groups excluding carboxylic acids is 7. The van der Waals surface area contributed by atoms with Crippen LogP contribution in [0.25, 0.3) is 0 Å². The fourth-order valence-electron chi connectivity index (χ4n) is 16.2. The van der Waals surface area contributed by atoms with Crippen LogP contribution in [0.4, 0.5) is 56.4 Å². The molecule has 0 spiro atoms. The summed E-state index contributed by atoms with van der Waals surface area (Å²) >= 11 is 13.3. The molecule has 11 aromatic rings. The van der Waals surface area contributed by atoms with Crippen LogP contribution in [0.15, 0.2) is 223 Å². The number of likely N-dealkylation sites (N-methyl/N-ethyl adjacent to an activating group) is 1. The zero-order chi connectivity index (χ0) is 103. The molecular weight excluding hydrogens is 2000 g/mol. The van der Waals surface area contributed by atoms with E-state index in [4.69, 9.17) is 13.6 Å². The van der Waals surface area contributed by atoms with Crippen molar-refractivity contribution in [3.8, 4) is 5.75 Å². The first-order chi connectivity index (χ1) is 69.7. The highest BCUT2D eigenvalue weighted by Crippen LogP contribution is 2.43. The molecule has 5 atom stereocenters. The smallest absolute Gasteiger partial charge is 0.420 e. The molecule has 5 aliphatic rings. The number of alkyl halides is 3. The first-order valence-corrected chi connectivity index (χ1v) is 55.4. The van der Waals surface area contributed by atoms with Crippen molar-refractivity contribution in [2.75, 3.05) is 108 Å². The van der Waals surface area contributed by atoms with E-state index < -0.39 is 17.6 Å². The normalized spacial score (nSPS) is 17.2. The molecule has 2 aliphatic carbocycles. The van der Waals surface area contributed by atoms with Crippen LogP contribution in [0.3, 0.4) is 0 Å². The number of nitrogens with one attached hydrogen (secondary N) is 8. The summed E-state index contributed by atoms with van der Waals surface area (Å²) in [6, 6.07) is 25.0. The molecule has 41 heteroatoms. The number of halogens is 3. The van der Waals surface area contributed by atoms with Gasteiger partial charge in [-0.05, 0) is 205 Å². The van der Waals surface area contributed by atoms with Crippen molar-refractivity contribution >= 4 is 177 Å². The number of hydrogen-bond acceptors (Lipinski definition) is 31. The summed E-state index contributed by atoms with van der Waals surface area (Å²) in [7, 11) is 3.88. The summed E-state index contributed by atoms with van der Waals surface area (Å²) in [5, 5.41) is 28.0. The van der Waals surface area contributed by atoms with Gasteiger partial charge in [0, 0.05) is 157 Å². The molecule has 0 unspecified atom stereocenters. The number of hydrogen-bond donors (Lipinski definition) is 8. The molecular formula is C104H125F3N20O10S8. The maximum Gasteiger partial charge on any atom is 0.420 e. The molecule has 145 heavy (non-hydrogen) atoms. The van der Waals surface area contributed by atoms with Gasteiger partial charge in [0.05, 0.1) is 71.1 Å². The molecule has 8 N–H and O–H groups in total. The third-order valence-corrected chi connectivity index (χ3v) is 32.5. The fourth-order valence-corrected chi connectivity index (χ4v) is 23.8. The standard InChI is InChI=1S/C29H38N6O3S2.C27H31F3N4O3S2.C25H32N4O2S2.C23H24N6O2S2/c1-29(2,3)23-16-30-25(38-23)19-39-26-17-31-28(40-26)33-22-8-6-15-35(18-22)27(37)20-10-12-21(13-11-20)32-24(36)9-7-14-34(4)5;1-5-22(35)33-17-9-10-20(19(12-17)27(28,29)30)36-18-8-6-7-16(11-18)34-25-32-14-24(39-25)38-15-23-31-13-21(37-23)26(2,3)4;1-2-22(30)27-20-12-10-19(11-13-20)24(31)29-14-6-9-21(16-29)28-25-26-15-23(33-25)32-17-18-7-4-3-5-8-18;1-2-20(30)27-18-7-5-17(6-8-18)22(31)29-9-3-4-19(13-29)28-23-26-12-21(33-23)32-14-16-10-24-15-25-11-16/h7,9-13,16-17,22H,6,8,14-15,18-19H2,1-5H3,(H,31,33)(H,32,36);5,9-10,12-14,16,18H,1,6-8,11,15H2,2-4H3,(H,32,34)(H,33,35);2,10-13,15,18,21H,1,3-9,14,16-17H2,(H,26,28)(H,27,30);2,5-8,10-12,15,19H,1,3-4,9,13-14H2,(H,26,28)(H,27,30)/b9-7+;;;/t22-;16-,18-;21-;19-/m1111/s1. The number of carbonyl (C=O) groups is 7. The molecule has 0 bridgehead atoms. The largest absolute Gasteiger partial charge is 0.490 e. The van der Waals surface area contributed by atoms with E-state index in [2.05, 4.69) is 144 Å². The van der Waals surface area contributed by atoms with E-state index in [1.165, 1.54) is 90.1 Å². The Morgan fingerprint density at radius 3 is 1.24 bits per heavy atom. The van der Waals surface area contributed by atoms with Gasteiger partial charge in [0.25, 0.3) is 17.7 Å². The summed E-state index contributed by atoms with van der Waals surface area (Å²) in [6.07, 6.45) is 33.6. The molecule has 3 aliphatic heterocycles. The highest BCUT2D eigenvalue weighted by atomic mass is 32.2. The van der Waals surface area contributed by atoms with E-state index in [1.54, 1.807) is 161 Å². The van der Waals surface area contributed by atoms with Crippen molar-refractivity contribution in [3.05, 3.63) is 248 Å². The van der Waals surface area contributed by atoms with Gasteiger partial charge < -0.3 is 75.7 Å². The van der Waals surface area contributed by atoms with E-state index in [1.807, 2.05) is 82.6 Å². The Morgan fingerprint density at radius 1 is 0.455 bits per heavy atom.